The molecule has 2 aliphatic heterocycles. The Bertz CT molecular complexity index is 1370. The molecule has 0 aliphatic carbocycles. The van der Waals surface area contributed by atoms with Gasteiger partial charge in [0.25, 0.3) is 5.91 Å². The van der Waals surface area contributed by atoms with E-state index >= 15 is 0 Å². The maximum Gasteiger partial charge on any atom is 0.256 e. The number of halogens is 1. The number of nitrogens with zero attached hydrogens (tertiary/aromatic N) is 5. The summed E-state index contributed by atoms with van der Waals surface area (Å²) in [6.07, 6.45) is 4.73. The molecule has 4 heterocycles. The molecule has 3 amide bonds. The number of methoxy groups -OCH3 is 1. The number of rotatable bonds is 7. The maximum absolute atomic E-state index is 13.6. The number of carbonyl (C=O) groups is 3. The predicted octanol–water partition coefficient (Wildman–Crippen LogP) is 2.28. The van der Waals surface area contributed by atoms with E-state index < -0.39 is 0 Å². The first-order valence-electron chi connectivity index (χ1n) is 12.4. The predicted molar refractivity (Wildman–Crippen MR) is 147 cm³/mol. The normalized spacial score (nSPS) is 15.8. The number of nitrogens with one attached hydrogen (secondary N) is 1. The Kier molecular flexibility index (Phi) is 7.37. The molecule has 11 heteroatoms. The van der Waals surface area contributed by atoms with E-state index in [0.717, 1.165) is 21.2 Å². The van der Waals surface area contributed by atoms with Crippen molar-refractivity contribution in [2.45, 2.75) is 12.6 Å². The second-order valence-corrected chi connectivity index (χ2v) is 10.3. The van der Waals surface area contributed by atoms with Crippen LogP contribution in [0.25, 0.3) is 10.9 Å². The van der Waals surface area contributed by atoms with Gasteiger partial charge in [-0.1, -0.05) is 22.5 Å². The first kappa shape index (κ1) is 25.8. The van der Waals surface area contributed by atoms with Crippen molar-refractivity contribution in [2.24, 2.45) is 0 Å². The largest absolute Gasteiger partial charge is 0.495 e. The minimum Gasteiger partial charge on any atom is -0.495 e. The highest BCUT2D eigenvalue weighted by molar-refractivity contribution is 9.10. The highest BCUT2D eigenvalue weighted by Crippen LogP contribution is 2.27. The Labute approximate surface area is 229 Å². The Hall–Kier alpha value is -3.86. The van der Waals surface area contributed by atoms with Crippen LogP contribution in [0.4, 0.5) is 5.82 Å². The van der Waals surface area contributed by atoms with Crippen LogP contribution in [0, 0.1) is 0 Å². The molecule has 198 valence electrons. The number of benzene rings is 1. The number of carbonyl (C=O) groups excluding carboxylic acids is 3. The molecule has 2 aliphatic rings. The summed E-state index contributed by atoms with van der Waals surface area (Å²) in [6, 6.07) is 9.44. The van der Waals surface area contributed by atoms with E-state index in [1.807, 2.05) is 39.8 Å². The first-order valence-corrected chi connectivity index (χ1v) is 13.2. The monoisotopic (exact) mass is 580 g/mol. The van der Waals surface area contributed by atoms with E-state index in [4.69, 9.17) is 4.74 Å². The number of likely N-dealkylation sites (tertiary alicyclic amines) is 1. The van der Waals surface area contributed by atoms with Crippen molar-refractivity contribution in [3.63, 3.8) is 0 Å². The topological polar surface area (TPSA) is 100 Å². The van der Waals surface area contributed by atoms with Crippen LogP contribution >= 0.6 is 15.9 Å². The summed E-state index contributed by atoms with van der Waals surface area (Å²) >= 11 is 3.51. The molecule has 1 N–H and O–H groups in total. The van der Waals surface area contributed by atoms with Crippen LogP contribution in [0.15, 0.2) is 59.9 Å². The number of ether oxygens (including phenoxy) is 1. The van der Waals surface area contributed by atoms with Gasteiger partial charge >= 0.3 is 0 Å². The average Bonchev–Trinajstić information content (AvgIpc) is 3.26. The van der Waals surface area contributed by atoms with Crippen molar-refractivity contribution in [1.82, 2.24) is 24.7 Å². The van der Waals surface area contributed by atoms with E-state index in [-0.39, 0.29) is 30.3 Å². The number of pyridine rings is 1. The molecule has 2 fully saturated rings. The van der Waals surface area contributed by atoms with Gasteiger partial charge in [-0.15, -0.1) is 0 Å². The van der Waals surface area contributed by atoms with Crippen molar-refractivity contribution in [2.75, 3.05) is 51.3 Å². The van der Waals surface area contributed by atoms with E-state index in [1.54, 1.807) is 24.4 Å². The first-order chi connectivity index (χ1) is 18.4. The van der Waals surface area contributed by atoms with Gasteiger partial charge in [-0.2, -0.15) is 0 Å². The molecule has 1 aromatic carbocycles. The summed E-state index contributed by atoms with van der Waals surface area (Å²) in [6.45, 7) is 6.97. The summed E-state index contributed by atoms with van der Waals surface area (Å²) < 4.78 is 7.86. The summed E-state index contributed by atoms with van der Waals surface area (Å²) in [4.78, 5) is 48.1. The third-order valence-corrected chi connectivity index (χ3v) is 7.46. The van der Waals surface area contributed by atoms with E-state index in [2.05, 4.69) is 37.7 Å². The molecule has 38 heavy (non-hydrogen) atoms. The molecule has 0 radical (unpaired) electrons. The number of aromatic nitrogens is 2. The zero-order valence-electron chi connectivity index (χ0n) is 21.1. The number of anilines is 1. The molecule has 0 spiro atoms. The van der Waals surface area contributed by atoms with Gasteiger partial charge in [0.2, 0.25) is 11.8 Å². The van der Waals surface area contributed by atoms with Crippen LogP contribution in [0.3, 0.4) is 0 Å². The molecule has 0 atom stereocenters. The van der Waals surface area contributed by atoms with Gasteiger partial charge < -0.3 is 29.3 Å². The second-order valence-electron chi connectivity index (χ2n) is 9.38. The molecule has 2 aromatic heterocycles. The lowest BCUT2D eigenvalue weighted by atomic mass is 10.1. The molecular formula is C27H29BrN6O4. The van der Waals surface area contributed by atoms with Crippen molar-refractivity contribution < 1.29 is 19.1 Å². The molecular weight excluding hydrogens is 552 g/mol. The number of piperazine rings is 1. The van der Waals surface area contributed by atoms with Crippen LogP contribution in [-0.2, 0) is 16.1 Å². The lowest BCUT2D eigenvalue weighted by Crippen LogP contribution is -2.61. The minimum absolute atomic E-state index is 0.0628. The zero-order valence-corrected chi connectivity index (χ0v) is 22.7. The van der Waals surface area contributed by atoms with Crippen molar-refractivity contribution in [3.8, 4) is 5.75 Å². The highest BCUT2D eigenvalue weighted by atomic mass is 79.9. The number of hydrogen-bond donors (Lipinski definition) is 1. The molecule has 10 nitrogen and oxygen atoms in total. The fourth-order valence-corrected chi connectivity index (χ4v) is 5.23. The van der Waals surface area contributed by atoms with Crippen molar-refractivity contribution >= 4 is 50.4 Å². The van der Waals surface area contributed by atoms with Crippen molar-refractivity contribution in [1.29, 1.82) is 0 Å². The van der Waals surface area contributed by atoms with Gasteiger partial charge in [-0.25, -0.2) is 4.98 Å². The average molecular weight is 581 g/mol. The zero-order chi connectivity index (χ0) is 26.8. The van der Waals surface area contributed by atoms with Crippen LogP contribution in [-0.4, -0.2) is 89.5 Å². The molecule has 0 unspecified atom stereocenters. The Balaban J connectivity index is 1.26. The van der Waals surface area contributed by atoms with Crippen LogP contribution in [0.2, 0.25) is 0 Å². The third-order valence-electron chi connectivity index (χ3n) is 6.97. The Morgan fingerprint density at radius 1 is 1.13 bits per heavy atom. The standard InChI is InChI=1S/C27H29BrN6O4/c1-3-26(36)34-14-19(15-34)30-25(35)17-33-16-22(21-12-18(28)4-6-23(21)33)27(37)32-10-8-31(9-11-32)24-7-5-20(38-2)13-29-24/h3-7,12-13,16,19H,1,8-11,14-15,17H2,2H3,(H,30,35). The van der Waals surface area contributed by atoms with E-state index in [0.29, 0.717) is 50.6 Å². The van der Waals surface area contributed by atoms with Crippen LogP contribution < -0.4 is 15.0 Å². The maximum atomic E-state index is 13.6. The lowest BCUT2D eigenvalue weighted by Gasteiger charge is -2.38. The van der Waals surface area contributed by atoms with Gasteiger partial charge in [-0.3, -0.25) is 14.4 Å². The SMILES string of the molecule is C=CC(=O)N1CC(NC(=O)Cn2cc(C(=O)N3CCN(c4ccc(OC)cn4)CC3)c3cc(Br)ccc32)C1. The van der Waals surface area contributed by atoms with Gasteiger partial charge in [0, 0.05) is 60.8 Å². The van der Waals surface area contributed by atoms with E-state index in [1.165, 1.54) is 6.08 Å². The van der Waals surface area contributed by atoms with Gasteiger partial charge in [0.05, 0.1) is 24.9 Å². The molecule has 0 saturated carbocycles. The molecule has 3 aromatic rings. The number of hydrogen-bond acceptors (Lipinski definition) is 6. The van der Waals surface area contributed by atoms with Crippen LogP contribution in [0.1, 0.15) is 10.4 Å². The lowest BCUT2D eigenvalue weighted by molar-refractivity contribution is -0.133. The summed E-state index contributed by atoms with van der Waals surface area (Å²) in [5.41, 5.74) is 1.38. The van der Waals surface area contributed by atoms with Gasteiger partial charge in [-0.05, 0) is 36.4 Å². The fraction of sp³-hybridized carbons (Fsp3) is 0.333. The van der Waals surface area contributed by atoms with E-state index in [9.17, 15) is 14.4 Å². The Morgan fingerprint density at radius 3 is 2.55 bits per heavy atom. The Morgan fingerprint density at radius 2 is 1.89 bits per heavy atom. The quantitative estimate of drug-likeness (QED) is 0.430. The van der Waals surface area contributed by atoms with Crippen molar-refractivity contribution in [3.05, 3.63) is 65.4 Å². The summed E-state index contributed by atoms with van der Waals surface area (Å²) in [7, 11) is 1.61. The smallest absolute Gasteiger partial charge is 0.256 e. The van der Waals surface area contributed by atoms with Gasteiger partial charge in [0.15, 0.2) is 0 Å². The minimum atomic E-state index is -0.167. The fourth-order valence-electron chi connectivity index (χ4n) is 4.87. The highest BCUT2D eigenvalue weighted by Gasteiger charge is 2.31. The summed E-state index contributed by atoms with van der Waals surface area (Å²) in [5, 5.41) is 3.76. The molecule has 2 saturated heterocycles. The summed E-state index contributed by atoms with van der Waals surface area (Å²) in [5.74, 6) is 1.19. The molecule has 5 rings (SSSR count). The molecule has 0 bridgehead atoms. The number of fused-ring (bicyclic) bond motifs is 1. The second kappa shape index (κ2) is 10.9. The van der Waals surface area contributed by atoms with Crippen LogP contribution in [0.5, 0.6) is 5.75 Å². The number of amides is 3. The van der Waals surface area contributed by atoms with Gasteiger partial charge in [0.1, 0.15) is 18.1 Å². The third kappa shape index (κ3) is 5.24.